The van der Waals surface area contributed by atoms with Gasteiger partial charge in [0, 0.05) is 5.56 Å². The second-order valence-electron chi connectivity index (χ2n) is 5.50. The van der Waals surface area contributed by atoms with E-state index in [0.717, 1.165) is 11.3 Å². The highest BCUT2D eigenvalue weighted by atomic mass is 35.5. The van der Waals surface area contributed by atoms with Crippen LogP contribution in [0.2, 0.25) is 10.0 Å². The molecule has 1 amide bonds. The fourth-order valence-electron chi connectivity index (χ4n) is 2.29. The smallest absolute Gasteiger partial charge is 0.289 e. The van der Waals surface area contributed by atoms with E-state index in [0.29, 0.717) is 33.6 Å². The maximum Gasteiger partial charge on any atom is 0.289 e. The van der Waals surface area contributed by atoms with Gasteiger partial charge in [-0.25, -0.2) is 5.43 Å². The van der Waals surface area contributed by atoms with Crippen LogP contribution in [0.15, 0.2) is 53.6 Å². The van der Waals surface area contributed by atoms with Crippen LogP contribution in [0.1, 0.15) is 23.0 Å². The average molecular weight is 403 g/mol. The number of nitrogens with one attached hydrogen (secondary N) is 2. The van der Waals surface area contributed by atoms with Crippen LogP contribution < -0.4 is 10.2 Å². The van der Waals surface area contributed by atoms with Crippen molar-refractivity contribution in [3.8, 4) is 17.0 Å². The number of ether oxygens (including phenoxy) is 1. The van der Waals surface area contributed by atoms with Crippen molar-refractivity contribution < 1.29 is 9.53 Å². The molecule has 0 aliphatic carbocycles. The predicted molar refractivity (Wildman–Crippen MR) is 107 cm³/mol. The van der Waals surface area contributed by atoms with Gasteiger partial charge in [0.1, 0.15) is 11.4 Å². The molecule has 27 heavy (non-hydrogen) atoms. The minimum absolute atomic E-state index is 0.296. The van der Waals surface area contributed by atoms with Crippen LogP contribution in [0.5, 0.6) is 5.75 Å². The Morgan fingerprint density at radius 3 is 2.67 bits per heavy atom. The van der Waals surface area contributed by atoms with Crippen molar-refractivity contribution in [3.63, 3.8) is 0 Å². The first-order chi connectivity index (χ1) is 13.1. The van der Waals surface area contributed by atoms with Gasteiger partial charge in [-0.15, -0.1) is 0 Å². The van der Waals surface area contributed by atoms with Gasteiger partial charge in [0.25, 0.3) is 5.91 Å². The van der Waals surface area contributed by atoms with Crippen molar-refractivity contribution in [2.24, 2.45) is 5.10 Å². The molecular formula is C19H16Cl2N4O2. The zero-order valence-corrected chi connectivity index (χ0v) is 15.9. The number of carbonyl (C=O) groups is 1. The van der Waals surface area contributed by atoms with Crippen LogP contribution in [-0.4, -0.2) is 28.9 Å². The summed E-state index contributed by atoms with van der Waals surface area (Å²) in [4.78, 5) is 12.2. The van der Waals surface area contributed by atoms with Gasteiger partial charge in [-0.3, -0.25) is 9.89 Å². The molecule has 6 nitrogen and oxygen atoms in total. The molecule has 0 saturated carbocycles. The predicted octanol–water partition coefficient (Wildman–Crippen LogP) is 4.55. The Labute approximate surface area is 166 Å². The Morgan fingerprint density at radius 1 is 1.19 bits per heavy atom. The summed E-state index contributed by atoms with van der Waals surface area (Å²) in [6.07, 6.45) is 1.48. The van der Waals surface area contributed by atoms with Crippen LogP contribution >= 0.6 is 23.2 Å². The van der Waals surface area contributed by atoms with Gasteiger partial charge in [0.15, 0.2) is 0 Å². The molecule has 1 heterocycles. The van der Waals surface area contributed by atoms with E-state index in [1.807, 2.05) is 31.2 Å². The minimum Gasteiger partial charge on any atom is -0.494 e. The monoisotopic (exact) mass is 402 g/mol. The molecule has 0 aliphatic rings. The van der Waals surface area contributed by atoms with Crippen molar-refractivity contribution in [2.75, 3.05) is 6.61 Å². The van der Waals surface area contributed by atoms with Crippen molar-refractivity contribution in [2.45, 2.75) is 6.92 Å². The minimum atomic E-state index is -0.406. The average Bonchev–Trinajstić information content (AvgIpc) is 3.16. The number of H-pyrrole nitrogens is 1. The molecule has 0 aliphatic heterocycles. The van der Waals surface area contributed by atoms with Crippen LogP contribution in [0.25, 0.3) is 11.3 Å². The van der Waals surface area contributed by atoms with Crippen LogP contribution in [0.3, 0.4) is 0 Å². The van der Waals surface area contributed by atoms with E-state index in [9.17, 15) is 4.79 Å². The molecule has 0 atom stereocenters. The summed E-state index contributed by atoms with van der Waals surface area (Å²) in [6, 6.07) is 14.2. The topological polar surface area (TPSA) is 79.4 Å². The molecule has 0 unspecified atom stereocenters. The number of hydrogen-bond acceptors (Lipinski definition) is 4. The molecular weight excluding hydrogens is 387 g/mol. The molecule has 2 aromatic carbocycles. The van der Waals surface area contributed by atoms with Crippen molar-refractivity contribution in [1.82, 2.24) is 15.6 Å². The number of aromatic nitrogens is 2. The van der Waals surface area contributed by atoms with E-state index in [4.69, 9.17) is 27.9 Å². The lowest BCUT2D eigenvalue weighted by molar-refractivity contribution is 0.0950. The lowest BCUT2D eigenvalue weighted by Gasteiger charge is -2.02. The number of hydrazone groups is 1. The summed E-state index contributed by atoms with van der Waals surface area (Å²) in [7, 11) is 0. The van der Waals surface area contributed by atoms with Crippen molar-refractivity contribution in [1.29, 1.82) is 0 Å². The third-order valence-electron chi connectivity index (χ3n) is 3.61. The lowest BCUT2D eigenvalue weighted by Crippen LogP contribution is -2.18. The van der Waals surface area contributed by atoms with Gasteiger partial charge in [-0.1, -0.05) is 29.3 Å². The summed E-state index contributed by atoms with van der Waals surface area (Å²) in [6.45, 7) is 2.53. The molecule has 0 radical (unpaired) electrons. The number of hydrogen-bond donors (Lipinski definition) is 2. The molecule has 2 N–H and O–H groups in total. The van der Waals surface area contributed by atoms with Gasteiger partial charge >= 0.3 is 0 Å². The Hall–Kier alpha value is -2.83. The second kappa shape index (κ2) is 8.70. The molecule has 0 fully saturated rings. The summed E-state index contributed by atoms with van der Waals surface area (Å²) >= 11 is 11.8. The summed E-state index contributed by atoms with van der Waals surface area (Å²) in [5, 5.41) is 11.6. The molecule has 1 aromatic heterocycles. The normalized spacial score (nSPS) is 10.9. The largest absolute Gasteiger partial charge is 0.494 e. The third-order valence-corrected chi connectivity index (χ3v) is 4.35. The zero-order valence-electron chi connectivity index (χ0n) is 14.4. The van der Waals surface area contributed by atoms with E-state index in [1.54, 1.807) is 24.3 Å². The lowest BCUT2D eigenvalue weighted by atomic mass is 10.1. The Balaban J connectivity index is 1.64. The number of amides is 1. The van der Waals surface area contributed by atoms with E-state index in [-0.39, 0.29) is 0 Å². The molecule has 0 saturated heterocycles. The molecule has 3 rings (SSSR count). The Morgan fingerprint density at radius 2 is 1.96 bits per heavy atom. The number of rotatable bonds is 6. The van der Waals surface area contributed by atoms with E-state index >= 15 is 0 Å². The SMILES string of the molecule is CCOc1ccc(-c2cc(C(=O)N/N=C\c3ccc(Cl)c(Cl)c3)[nH]n2)cc1. The standard InChI is InChI=1S/C19H16Cl2N4O2/c1-2-27-14-6-4-13(5-7-14)17-10-18(24-23-17)19(26)25-22-11-12-3-8-15(20)16(21)9-12/h3-11H,2H2,1H3,(H,23,24)(H,25,26)/b22-11-. The third kappa shape index (κ3) is 4.87. The van der Waals surface area contributed by atoms with Crippen LogP contribution in [0.4, 0.5) is 0 Å². The summed E-state index contributed by atoms with van der Waals surface area (Å²) in [5.74, 6) is 0.377. The highest BCUT2D eigenvalue weighted by Gasteiger charge is 2.10. The van der Waals surface area contributed by atoms with E-state index in [2.05, 4.69) is 20.7 Å². The Kier molecular flexibility index (Phi) is 6.11. The van der Waals surface area contributed by atoms with Gasteiger partial charge < -0.3 is 4.74 Å². The van der Waals surface area contributed by atoms with E-state index < -0.39 is 5.91 Å². The van der Waals surface area contributed by atoms with Crippen molar-refractivity contribution >= 4 is 35.3 Å². The fourth-order valence-corrected chi connectivity index (χ4v) is 2.60. The van der Waals surface area contributed by atoms with Gasteiger partial charge in [-0.2, -0.15) is 10.2 Å². The van der Waals surface area contributed by atoms with Crippen LogP contribution in [0, 0.1) is 0 Å². The first-order valence-corrected chi connectivity index (χ1v) is 8.89. The van der Waals surface area contributed by atoms with Gasteiger partial charge in [0.2, 0.25) is 0 Å². The molecule has 3 aromatic rings. The second-order valence-corrected chi connectivity index (χ2v) is 6.31. The number of halogens is 2. The van der Waals surface area contributed by atoms with E-state index in [1.165, 1.54) is 6.21 Å². The fraction of sp³-hybridized carbons (Fsp3) is 0.105. The molecule has 138 valence electrons. The highest BCUT2D eigenvalue weighted by Crippen LogP contribution is 2.22. The van der Waals surface area contributed by atoms with Gasteiger partial charge in [-0.05, 0) is 55.0 Å². The number of benzene rings is 2. The maximum atomic E-state index is 12.2. The summed E-state index contributed by atoms with van der Waals surface area (Å²) in [5.41, 5.74) is 4.96. The van der Waals surface area contributed by atoms with Gasteiger partial charge in [0.05, 0.1) is 28.6 Å². The number of aromatic amines is 1. The summed E-state index contributed by atoms with van der Waals surface area (Å²) < 4.78 is 5.41. The Bertz CT molecular complexity index is 968. The first-order valence-electron chi connectivity index (χ1n) is 8.14. The van der Waals surface area contributed by atoms with Crippen LogP contribution in [-0.2, 0) is 0 Å². The molecule has 0 bridgehead atoms. The first kappa shape index (κ1) is 18.9. The maximum absolute atomic E-state index is 12.2. The zero-order chi connectivity index (χ0) is 19.2. The van der Waals surface area contributed by atoms with Crippen molar-refractivity contribution in [3.05, 3.63) is 69.8 Å². The molecule has 0 spiro atoms. The quantitative estimate of drug-likeness (QED) is 0.468. The number of carbonyl (C=O) groups excluding carboxylic acids is 1. The molecule has 8 heteroatoms. The highest BCUT2D eigenvalue weighted by molar-refractivity contribution is 6.42. The number of nitrogens with zero attached hydrogens (tertiary/aromatic N) is 2.